The summed E-state index contributed by atoms with van der Waals surface area (Å²) in [6.07, 6.45) is 10.7. The van der Waals surface area contributed by atoms with E-state index in [4.69, 9.17) is 23.2 Å². The summed E-state index contributed by atoms with van der Waals surface area (Å²) in [5.41, 5.74) is 0.167. The number of ketones is 1. The number of aliphatic hydroxyl groups is 1. The molecule has 0 bridgehead atoms. The molecule has 4 aliphatic rings. The van der Waals surface area contributed by atoms with Crippen molar-refractivity contribution >= 4 is 29.0 Å². The van der Waals surface area contributed by atoms with Crippen molar-refractivity contribution in [3.63, 3.8) is 0 Å². The Balaban J connectivity index is 1.73. The molecule has 2 saturated carbocycles. The van der Waals surface area contributed by atoms with Crippen LogP contribution in [0.15, 0.2) is 22.8 Å². The first kappa shape index (κ1) is 18.1. The fourth-order valence-electron chi connectivity index (χ4n) is 6.72. The largest absolute Gasteiger partial charge is 0.382 e. The van der Waals surface area contributed by atoms with Gasteiger partial charge in [0.05, 0.1) is 5.88 Å². The van der Waals surface area contributed by atoms with Crippen LogP contribution in [0.4, 0.5) is 0 Å². The maximum absolute atomic E-state index is 11.9. The molecule has 25 heavy (non-hydrogen) atoms. The minimum Gasteiger partial charge on any atom is -0.382 e. The Bertz CT molecular complexity index is 669. The lowest BCUT2D eigenvalue weighted by Crippen LogP contribution is -2.61. The third-order valence-corrected chi connectivity index (χ3v) is 9.29. The van der Waals surface area contributed by atoms with Gasteiger partial charge in [-0.05, 0) is 67.8 Å². The summed E-state index contributed by atoms with van der Waals surface area (Å²) in [6, 6.07) is 0. The molecular formula is C21H28Cl2O2. The minimum absolute atomic E-state index is 0.155. The van der Waals surface area contributed by atoms with E-state index >= 15 is 0 Å². The smallest absolute Gasteiger partial charge is 0.155 e. The number of carbonyl (C=O) groups excluding carboxylic acids is 1. The quantitative estimate of drug-likeness (QED) is 0.631. The van der Waals surface area contributed by atoms with E-state index in [1.54, 1.807) is 0 Å². The van der Waals surface area contributed by atoms with Gasteiger partial charge >= 0.3 is 0 Å². The molecule has 0 aromatic heterocycles. The number of hydrogen-bond donors (Lipinski definition) is 1. The van der Waals surface area contributed by atoms with Gasteiger partial charge in [-0.25, -0.2) is 0 Å². The van der Waals surface area contributed by atoms with Gasteiger partial charge in [0, 0.05) is 16.9 Å². The summed E-state index contributed by atoms with van der Waals surface area (Å²) >= 11 is 12.7. The molecule has 1 N–H and O–H groups in total. The first-order valence-corrected chi connectivity index (χ1v) is 10.6. The van der Waals surface area contributed by atoms with Crippen molar-refractivity contribution < 1.29 is 9.90 Å². The highest BCUT2D eigenvalue weighted by Crippen LogP contribution is 2.66. The molecular weight excluding hydrogens is 355 g/mol. The molecule has 0 unspecified atom stereocenters. The summed E-state index contributed by atoms with van der Waals surface area (Å²) in [5.74, 6) is 2.04. The first-order valence-electron chi connectivity index (χ1n) is 9.64. The maximum atomic E-state index is 11.9. The normalized spacial score (nSPS) is 49.5. The van der Waals surface area contributed by atoms with Gasteiger partial charge in [-0.3, -0.25) is 4.79 Å². The standard InChI is InChI=1S/C21H28Cl2O2/c1-19-9-7-14(24)11-13(19)3-4-15-16(19)8-10-20(2)17(15)5-6-18(23)21(20,25)12-22/h6,11,15-17,25H,3-5,7-10,12H2,1-2H3/t15-,16+,17+,19+,20+,21+/m1/s1. The number of halogens is 2. The van der Waals surface area contributed by atoms with E-state index in [2.05, 4.69) is 13.8 Å². The molecule has 2 nitrogen and oxygen atoms in total. The van der Waals surface area contributed by atoms with E-state index in [0.717, 1.165) is 38.5 Å². The van der Waals surface area contributed by atoms with Gasteiger partial charge in [-0.1, -0.05) is 37.1 Å². The van der Waals surface area contributed by atoms with Crippen LogP contribution >= 0.6 is 23.2 Å². The fourth-order valence-corrected chi connectivity index (χ4v) is 7.61. The number of allylic oxidation sites excluding steroid dienone is 3. The van der Waals surface area contributed by atoms with Crippen LogP contribution < -0.4 is 0 Å². The lowest BCUT2D eigenvalue weighted by atomic mass is 9.43. The lowest BCUT2D eigenvalue weighted by molar-refractivity contribution is -0.142. The van der Waals surface area contributed by atoms with Crippen molar-refractivity contribution in [2.45, 2.75) is 64.4 Å². The molecule has 0 heterocycles. The number of alkyl halides is 1. The zero-order chi connectivity index (χ0) is 18.0. The van der Waals surface area contributed by atoms with Crippen molar-refractivity contribution in [3.05, 3.63) is 22.8 Å². The molecule has 138 valence electrons. The third kappa shape index (κ3) is 2.29. The second kappa shape index (κ2) is 5.84. The first-order chi connectivity index (χ1) is 11.8. The van der Waals surface area contributed by atoms with Crippen molar-refractivity contribution in [1.82, 2.24) is 0 Å². The summed E-state index contributed by atoms with van der Waals surface area (Å²) in [5, 5.41) is 11.9. The molecule has 0 aliphatic heterocycles. The lowest BCUT2D eigenvalue weighted by Gasteiger charge is -2.63. The van der Waals surface area contributed by atoms with E-state index in [0.29, 0.717) is 35.0 Å². The molecule has 0 spiro atoms. The number of fused-ring (bicyclic) bond motifs is 5. The van der Waals surface area contributed by atoms with Gasteiger partial charge in [-0.15, -0.1) is 11.6 Å². The zero-order valence-electron chi connectivity index (χ0n) is 15.2. The SMILES string of the molecule is C[C@]12CCC(=O)C=C1CC[C@@H]1[C@@H]2CC[C@@]2(C)[C@H]1CC=C(Cl)[C@@]2(O)CCl. The number of hydrogen-bond acceptors (Lipinski definition) is 2. The van der Waals surface area contributed by atoms with Crippen LogP contribution in [0.3, 0.4) is 0 Å². The minimum atomic E-state index is -1.11. The average molecular weight is 383 g/mol. The van der Waals surface area contributed by atoms with Gasteiger partial charge < -0.3 is 5.11 Å². The Morgan fingerprint density at radius 2 is 1.96 bits per heavy atom. The summed E-state index contributed by atoms with van der Waals surface area (Å²) < 4.78 is 0. The number of carbonyl (C=O) groups is 1. The van der Waals surface area contributed by atoms with Gasteiger partial charge in [-0.2, -0.15) is 0 Å². The second-order valence-corrected chi connectivity index (χ2v) is 9.88. The maximum Gasteiger partial charge on any atom is 0.155 e. The predicted octanol–water partition coefficient (Wildman–Crippen LogP) is 5.22. The van der Waals surface area contributed by atoms with Crippen molar-refractivity contribution in [3.8, 4) is 0 Å². The van der Waals surface area contributed by atoms with Crippen molar-refractivity contribution in [2.75, 3.05) is 5.88 Å². The van der Waals surface area contributed by atoms with Crippen molar-refractivity contribution in [2.24, 2.45) is 28.6 Å². The monoisotopic (exact) mass is 382 g/mol. The highest BCUT2D eigenvalue weighted by molar-refractivity contribution is 6.32. The topological polar surface area (TPSA) is 37.3 Å². The predicted molar refractivity (Wildman–Crippen MR) is 102 cm³/mol. The Kier molecular flexibility index (Phi) is 4.22. The van der Waals surface area contributed by atoms with Crippen molar-refractivity contribution in [1.29, 1.82) is 0 Å². The van der Waals surface area contributed by atoms with Crippen LogP contribution in [0, 0.1) is 28.6 Å². The van der Waals surface area contributed by atoms with Gasteiger partial charge in [0.2, 0.25) is 0 Å². The van der Waals surface area contributed by atoms with Crippen LogP contribution in [0.2, 0.25) is 0 Å². The number of rotatable bonds is 1. The third-order valence-electron chi connectivity index (χ3n) is 8.44. The van der Waals surface area contributed by atoms with Gasteiger partial charge in [0.1, 0.15) is 5.60 Å². The molecule has 4 heteroatoms. The van der Waals surface area contributed by atoms with Crippen LogP contribution in [-0.4, -0.2) is 22.4 Å². The van der Waals surface area contributed by atoms with E-state index in [-0.39, 0.29) is 16.7 Å². The average Bonchev–Trinajstić information content (AvgIpc) is 2.59. The summed E-state index contributed by atoms with van der Waals surface area (Å²) in [6.45, 7) is 4.58. The highest BCUT2D eigenvalue weighted by Gasteiger charge is 2.62. The Morgan fingerprint density at radius 1 is 1.20 bits per heavy atom. The van der Waals surface area contributed by atoms with E-state index in [9.17, 15) is 9.90 Å². The summed E-state index contributed by atoms with van der Waals surface area (Å²) in [7, 11) is 0. The Labute approximate surface area is 160 Å². The molecule has 6 atom stereocenters. The van der Waals surface area contributed by atoms with E-state index < -0.39 is 5.60 Å². The fraction of sp³-hybridized carbons (Fsp3) is 0.762. The highest BCUT2D eigenvalue weighted by atomic mass is 35.5. The van der Waals surface area contributed by atoms with E-state index in [1.807, 2.05) is 12.2 Å². The zero-order valence-corrected chi connectivity index (χ0v) is 16.7. The van der Waals surface area contributed by atoms with Crippen LogP contribution in [0.25, 0.3) is 0 Å². The molecule has 0 aromatic carbocycles. The van der Waals surface area contributed by atoms with Gasteiger partial charge in [0.15, 0.2) is 5.78 Å². The summed E-state index contributed by atoms with van der Waals surface area (Å²) in [4.78, 5) is 11.9. The van der Waals surface area contributed by atoms with Crippen LogP contribution in [0.5, 0.6) is 0 Å². The van der Waals surface area contributed by atoms with E-state index in [1.165, 1.54) is 5.57 Å². The van der Waals surface area contributed by atoms with Crippen LogP contribution in [-0.2, 0) is 4.79 Å². The molecule has 4 aliphatic carbocycles. The Hall–Kier alpha value is -0.310. The molecule has 0 saturated heterocycles. The second-order valence-electron chi connectivity index (χ2n) is 9.21. The van der Waals surface area contributed by atoms with Gasteiger partial charge in [0.25, 0.3) is 0 Å². The molecule has 4 rings (SSSR count). The molecule has 0 aromatic rings. The molecule has 0 radical (unpaired) electrons. The molecule has 2 fully saturated rings. The van der Waals surface area contributed by atoms with Crippen LogP contribution in [0.1, 0.15) is 58.8 Å². The Morgan fingerprint density at radius 3 is 2.68 bits per heavy atom. The molecule has 0 amide bonds.